The van der Waals surface area contributed by atoms with Gasteiger partial charge in [-0.25, -0.2) is 0 Å². The molecule has 0 aromatic heterocycles. The van der Waals surface area contributed by atoms with Crippen molar-refractivity contribution >= 4 is 18.1 Å². The standard InChI is InChI=1S/2O4Si.V.Y/c2*1-5(2,3)4;;/q2*-4;;+3. The molecule has 1 radical (unpaired) electrons. The van der Waals surface area contributed by atoms with Crippen LogP contribution in [0.3, 0.4) is 0 Å². The van der Waals surface area contributed by atoms with Gasteiger partial charge in [0.2, 0.25) is 0 Å². The van der Waals surface area contributed by atoms with E-state index in [9.17, 15) is 0 Å². The van der Waals surface area contributed by atoms with Gasteiger partial charge in [-0.05, 0) is 0 Å². The van der Waals surface area contributed by atoms with Crippen molar-refractivity contribution < 1.29 is 89.6 Å². The summed E-state index contributed by atoms with van der Waals surface area (Å²) >= 11 is 0. The van der Waals surface area contributed by atoms with Crippen molar-refractivity contribution in [2.75, 3.05) is 0 Å². The maximum atomic E-state index is 8.58. The van der Waals surface area contributed by atoms with Gasteiger partial charge in [0.15, 0.2) is 0 Å². The molecule has 0 aliphatic rings. The summed E-state index contributed by atoms with van der Waals surface area (Å²) in [6, 6.07) is 0. The maximum absolute atomic E-state index is 8.58. The van der Waals surface area contributed by atoms with Crippen molar-refractivity contribution in [2.24, 2.45) is 0 Å². The Kier molecular flexibility index (Phi) is 18.4. The average Bonchev–Trinajstić information content (AvgIpc) is 1.12. The fourth-order valence-corrected chi connectivity index (χ4v) is 0. The van der Waals surface area contributed by atoms with Crippen LogP contribution in [0.25, 0.3) is 0 Å². The van der Waals surface area contributed by atoms with Crippen LogP contribution in [0.2, 0.25) is 0 Å². The molecule has 12 heavy (non-hydrogen) atoms. The van der Waals surface area contributed by atoms with Crippen LogP contribution in [0, 0.1) is 0 Å². The molecule has 12 heteroatoms. The van der Waals surface area contributed by atoms with Crippen LogP contribution in [0.15, 0.2) is 0 Å². The zero-order chi connectivity index (χ0) is 9.00. The predicted octanol–water partition coefficient (Wildman–Crippen LogP) is -10.3. The molecule has 0 rings (SSSR count). The van der Waals surface area contributed by atoms with Gasteiger partial charge < -0.3 is 56.5 Å². The SMILES string of the molecule is [O-][Si]([O-])([O-])[O-].[O-][Si]([O-])([O-])[O-].[V].[Y+3]. The molecule has 0 aromatic rings. The van der Waals surface area contributed by atoms with Crippen molar-refractivity contribution in [3.8, 4) is 0 Å². The Morgan fingerprint density at radius 1 is 0.500 bits per heavy atom. The van der Waals surface area contributed by atoms with Crippen LogP contribution < -0.4 is 38.4 Å². The Balaban J connectivity index is -0.0000000457. The molecular weight excluding hydrogens is 324 g/mol. The van der Waals surface area contributed by atoms with Crippen LogP contribution in [-0.2, 0) is 51.3 Å². The molecule has 0 unspecified atom stereocenters. The zero-order valence-electron chi connectivity index (χ0n) is 5.29. The van der Waals surface area contributed by atoms with Crippen molar-refractivity contribution in [1.29, 1.82) is 0 Å². The minimum absolute atomic E-state index is 0. The molecule has 0 heterocycles. The van der Waals surface area contributed by atoms with Gasteiger partial charge in [-0.1, -0.05) is 0 Å². The van der Waals surface area contributed by atoms with Crippen LogP contribution in [-0.4, -0.2) is 18.1 Å². The van der Waals surface area contributed by atoms with Crippen LogP contribution >= 0.6 is 0 Å². The summed E-state index contributed by atoms with van der Waals surface area (Å²) in [4.78, 5) is 68.6. The van der Waals surface area contributed by atoms with E-state index in [1.807, 2.05) is 0 Å². The Morgan fingerprint density at radius 3 is 0.500 bits per heavy atom. The molecule has 8 nitrogen and oxygen atoms in total. The van der Waals surface area contributed by atoms with E-state index in [1.165, 1.54) is 0 Å². The van der Waals surface area contributed by atoms with Crippen molar-refractivity contribution in [3.63, 3.8) is 0 Å². The largest absolute Gasteiger partial charge is 3.00 e. The third-order valence-electron chi connectivity index (χ3n) is 0. The topological polar surface area (TPSA) is 184 Å². The second-order valence-corrected chi connectivity index (χ2v) is 3.00. The molecule has 0 aliphatic carbocycles. The molecule has 0 aromatic carbocycles. The Hall–Kier alpha value is 1.80. The monoisotopic (exact) mass is 324 g/mol. The molecule has 0 fully saturated rings. The summed E-state index contributed by atoms with van der Waals surface area (Å²) in [6.07, 6.45) is 0. The van der Waals surface area contributed by atoms with E-state index in [0.29, 0.717) is 0 Å². The molecule has 0 amide bonds. The molecule has 0 atom stereocenters. The Bertz CT molecular complexity index is 60.0. The summed E-state index contributed by atoms with van der Waals surface area (Å²) < 4.78 is 0. The van der Waals surface area contributed by atoms with Crippen LogP contribution in [0.4, 0.5) is 0 Å². The fraction of sp³-hybridized carbons (Fsp3) is 0. The fourth-order valence-electron chi connectivity index (χ4n) is 0. The number of hydrogen-bond donors (Lipinski definition) is 0. The summed E-state index contributed by atoms with van der Waals surface area (Å²) in [5.41, 5.74) is 0. The molecule has 0 N–H and O–H groups in total. The van der Waals surface area contributed by atoms with Crippen molar-refractivity contribution in [1.82, 2.24) is 0 Å². The summed E-state index contributed by atoms with van der Waals surface area (Å²) in [5, 5.41) is 0. The molecule has 0 saturated carbocycles. The van der Waals surface area contributed by atoms with Gasteiger partial charge in [0.1, 0.15) is 0 Å². The Labute approximate surface area is 107 Å². The second-order valence-electron chi connectivity index (χ2n) is 1.00. The van der Waals surface area contributed by atoms with Gasteiger partial charge in [-0.3, -0.25) is 0 Å². The van der Waals surface area contributed by atoms with E-state index < -0.39 is 18.1 Å². The van der Waals surface area contributed by atoms with Gasteiger partial charge >= 0.3 is 32.7 Å². The first-order valence-corrected chi connectivity index (χ1v) is 4.90. The third kappa shape index (κ3) is 424. The molecule has 0 spiro atoms. The smallest absolute Gasteiger partial charge is 0.894 e. The minimum Gasteiger partial charge on any atom is -0.894 e. The van der Waals surface area contributed by atoms with E-state index in [1.54, 1.807) is 0 Å². The summed E-state index contributed by atoms with van der Waals surface area (Å²) in [7, 11) is -11.2. The third-order valence-corrected chi connectivity index (χ3v) is 0. The first-order valence-electron chi connectivity index (χ1n) is 1.63. The normalized spacial score (nSPS) is 10.0. The number of hydrogen-bond acceptors (Lipinski definition) is 8. The molecule has 69 valence electrons. The van der Waals surface area contributed by atoms with Gasteiger partial charge in [0.25, 0.3) is 0 Å². The second kappa shape index (κ2) is 9.36. The molecule has 0 bridgehead atoms. The van der Waals surface area contributed by atoms with E-state index in [-0.39, 0.29) is 51.3 Å². The molecule has 0 aliphatic heterocycles. The van der Waals surface area contributed by atoms with E-state index in [2.05, 4.69) is 0 Å². The Morgan fingerprint density at radius 2 is 0.500 bits per heavy atom. The first-order chi connectivity index (χ1) is 4.00. The minimum atomic E-state index is -5.61. The maximum Gasteiger partial charge on any atom is 3.00 e. The van der Waals surface area contributed by atoms with Crippen molar-refractivity contribution in [3.05, 3.63) is 0 Å². The quantitative estimate of drug-likeness (QED) is 0.393. The summed E-state index contributed by atoms with van der Waals surface area (Å²) in [6.45, 7) is 0. The van der Waals surface area contributed by atoms with Gasteiger partial charge in [-0.15, -0.1) is 0 Å². The van der Waals surface area contributed by atoms with E-state index in [0.717, 1.165) is 0 Å². The predicted molar refractivity (Wildman–Crippen MR) is 11.5 cm³/mol. The van der Waals surface area contributed by atoms with Gasteiger partial charge in [0.05, 0.1) is 0 Å². The average molecular weight is 324 g/mol. The van der Waals surface area contributed by atoms with E-state index in [4.69, 9.17) is 38.4 Å². The van der Waals surface area contributed by atoms with E-state index >= 15 is 0 Å². The summed E-state index contributed by atoms with van der Waals surface area (Å²) in [5.74, 6) is 0. The van der Waals surface area contributed by atoms with Crippen LogP contribution in [0.5, 0.6) is 0 Å². The first kappa shape index (κ1) is 23.5. The zero-order valence-corrected chi connectivity index (χ0v) is 11.5. The molecule has 0 saturated heterocycles. The van der Waals surface area contributed by atoms with Gasteiger partial charge in [0, 0.05) is 18.6 Å². The van der Waals surface area contributed by atoms with Crippen LogP contribution in [0.1, 0.15) is 0 Å². The van der Waals surface area contributed by atoms with Gasteiger partial charge in [-0.2, -0.15) is 0 Å². The molecular formula is O8Si2VY-5. The number of rotatable bonds is 0. The van der Waals surface area contributed by atoms with Crippen molar-refractivity contribution in [2.45, 2.75) is 0 Å².